The number of hydrogen-bond donors (Lipinski definition) is 1. The second kappa shape index (κ2) is 9.12. The van der Waals surface area contributed by atoms with Crippen molar-refractivity contribution in [3.05, 3.63) is 48.3 Å². The number of hydrogen-bond acceptors (Lipinski definition) is 5. The summed E-state index contributed by atoms with van der Waals surface area (Å²) in [5.41, 5.74) is 2.24. The Morgan fingerprint density at radius 2 is 1.74 bits per heavy atom. The summed E-state index contributed by atoms with van der Waals surface area (Å²) < 4.78 is 10.6. The van der Waals surface area contributed by atoms with Gasteiger partial charge in [-0.05, 0) is 36.2 Å². The van der Waals surface area contributed by atoms with Gasteiger partial charge in [0.05, 0.1) is 14.2 Å². The number of benzene rings is 1. The van der Waals surface area contributed by atoms with E-state index in [9.17, 15) is 4.79 Å². The minimum Gasteiger partial charge on any atom is -0.493 e. The highest BCUT2D eigenvalue weighted by molar-refractivity contribution is 5.74. The van der Waals surface area contributed by atoms with Crippen LogP contribution in [0.4, 0.5) is 10.5 Å². The van der Waals surface area contributed by atoms with E-state index in [0.29, 0.717) is 31.1 Å². The van der Waals surface area contributed by atoms with Crippen LogP contribution in [0.25, 0.3) is 0 Å². The van der Waals surface area contributed by atoms with E-state index in [1.54, 1.807) is 26.6 Å². The molecule has 2 heterocycles. The number of carbonyl (C=O) groups excluding carboxylic acids is 1. The van der Waals surface area contributed by atoms with Crippen molar-refractivity contribution in [1.82, 2.24) is 15.2 Å². The summed E-state index contributed by atoms with van der Waals surface area (Å²) in [4.78, 5) is 20.6. The maximum Gasteiger partial charge on any atom is 0.317 e. The molecule has 2 amide bonds. The van der Waals surface area contributed by atoms with Gasteiger partial charge in [-0.1, -0.05) is 6.07 Å². The van der Waals surface area contributed by atoms with Crippen molar-refractivity contribution in [2.24, 2.45) is 0 Å². The highest BCUT2D eigenvalue weighted by Crippen LogP contribution is 2.27. The average molecular weight is 370 g/mol. The van der Waals surface area contributed by atoms with E-state index in [1.807, 2.05) is 35.2 Å². The van der Waals surface area contributed by atoms with Crippen LogP contribution >= 0.6 is 0 Å². The van der Waals surface area contributed by atoms with Crippen molar-refractivity contribution >= 4 is 11.7 Å². The first kappa shape index (κ1) is 18.8. The summed E-state index contributed by atoms with van der Waals surface area (Å²) in [7, 11) is 3.24. The molecule has 1 fully saturated rings. The fourth-order valence-electron chi connectivity index (χ4n) is 3.18. The van der Waals surface area contributed by atoms with Gasteiger partial charge >= 0.3 is 6.03 Å². The first-order chi connectivity index (χ1) is 13.2. The predicted molar refractivity (Wildman–Crippen MR) is 105 cm³/mol. The summed E-state index contributed by atoms with van der Waals surface area (Å²) in [6.45, 7) is 3.66. The number of aromatic nitrogens is 1. The molecular formula is C20H26N4O3. The summed E-state index contributed by atoms with van der Waals surface area (Å²) >= 11 is 0. The number of nitrogens with one attached hydrogen (secondary N) is 1. The zero-order valence-corrected chi connectivity index (χ0v) is 15.9. The highest BCUT2D eigenvalue weighted by atomic mass is 16.5. The lowest BCUT2D eigenvalue weighted by Gasteiger charge is -2.36. The van der Waals surface area contributed by atoms with Gasteiger partial charge in [0.2, 0.25) is 0 Å². The molecule has 0 unspecified atom stereocenters. The number of piperazine rings is 1. The van der Waals surface area contributed by atoms with E-state index in [4.69, 9.17) is 9.47 Å². The lowest BCUT2D eigenvalue weighted by molar-refractivity contribution is 0.194. The quantitative estimate of drug-likeness (QED) is 0.844. The van der Waals surface area contributed by atoms with Crippen LogP contribution in [0, 0.1) is 0 Å². The molecule has 1 saturated heterocycles. The minimum atomic E-state index is -0.00939. The smallest absolute Gasteiger partial charge is 0.317 e. The van der Waals surface area contributed by atoms with Gasteiger partial charge in [-0.25, -0.2) is 4.79 Å². The minimum absolute atomic E-state index is 0.00939. The van der Waals surface area contributed by atoms with Gasteiger partial charge in [0.1, 0.15) is 0 Å². The molecule has 7 nitrogen and oxygen atoms in total. The summed E-state index contributed by atoms with van der Waals surface area (Å²) in [6, 6.07) is 9.80. The van der Waals surface area contributed by atoms with Crippen LogP contribution < -0.4 is 19.7 Å². The lowest BCUT2D eigenvalue weighted by atomic mass is 10.1. The molecule has 1 aliphatic rings. The van der Waals surface area contributed by atoms with Gasteiger partial charge in [-0.2, -0.15) is 0 Å². The van der Waals surface area contributed by atoms with Crippen LogP contribution in [-0.4, -0.2) is 62.9 Å². The van der Waals surface area contributed by atoms with Crippen molar-refractivity contribution in [2.45, 2.75) is 6.42 Å². The maximum atomic E-state index is 12.4. The highest BCUT2D eigenvalue weighted by Gasteiger charge is 2.20. The van der Waals surface area contributed by atoms with Crippen molar-refractivity contribution in [2.75, 3.05) is 51.8 Å². The van der Waals surface area contributed by atoms with Crippen LogP contribution in [0.5, 0.6) is 11.5 Å². The van der Waals surface area contributed by atoms with E-state index in [2.05, 4.69) is 15.2 Å². The van der Waals surface area contributed by atoms with Gasteiger partial charge in [0.25, 0.3) is 0 Å². The Morgan fingerprint density at radius 3 is 2.41 bits per heavy atom. The number of amides is 2. The number of nitrogens with zero attached hydrogens (tertiary/aromatic N) is 3. The molecular weight excluding hydrogens is 344 g/mol. The molecule has 27 heavy (non-hydrogen) atoms. The fourth-order valence-corrected chi connectivity index (χ4v) is 3.18. The molecule has 0 bridgehead atoms. The van der Waals surface area contributed by atoms with Crippen LogP contribution in [0.2, 0.25) is 0 Å². The second-order valence-electron chi connectivity index (χ2n) is 6.35. The number of rotatable bonds is 6. The Bertz CT molecular complexity index is 746. The third kappa shape index (κ3) is 4.81. The molecule has 0 saturated carbocycles. The van der Waals surface area contributed by atoms with Crippen LogP contribution in [0.3, 0.4) is 0 Å². The molecule has 0 atom stereocenters. The molecule has 0 radical (unpaired) electrons. The molecule has 3 rings (SSSR count). The van der Waals surface area contributed by atoms with Crippen molar-refractivity contribution in [1.29, 1.82) is 0 Å². The first-order valence-electron chi connectivity index (χ1n) is 9.10. The van der Waals surface area contributed by atoms with Gasteiger partial charge in [-0.15, -0.1) is 0 Å². The normalized spacial score (nSPS) is 14.0. The topological polar surface area (TPSA) is 66.9 Å². The molecule has 1 aromatic heterocycles. The second-order valence-corrected chi connectivity index (χ2v) is 6.35. The number of ether oxygens (including phenoxy) is 2. The number of pyridine rings is 1. The maximum absolute atomic E-state index is 12.4. The number of methoxy groups -OCH3 is 2. The van der Waals surface area contributed by atoms with E-state index < -0.39 is 0 Å². The summed E-state index contributed by atoms with van der Waals surface area (Å²) in [5.74, 6) is 1.41. The summed E-state index contributed by atoms with van der Waals surface area (Å²) in [5, 5.41) is 3.01. The van der Waals surface area contributed by atoms with E-state index in [0.717, 1.165) is 30.8 Å². The molecule has 0 spiro atoms. The fraction of sp³-hybridized carbons (Fsp3) is 0.400. The van der Waals surface area contributed by atoms with Gasteiger partial charge in [-0.3, -0.25) is 4.98 Å². The zero-order valence-electron chi connectivity index (χ0n) is 15.9. The summed E-state index contributed by atoms with van der Waals surface area (Å²) in [6.07, 6.45) is 4.33. The Kier molecular flexibility index (Phi) is 6.35. The van der Waals surface area contributed by atoms with Crippen molar-refractivity contribution in [3.63, 3.8) is 0 Å². The standard InChI is InChI=1S/C20H26N4O3/c1-26-18-4-3-16(15-19(18)27-2)5-10-22-20(25)24-13-11-23(12-14-24)17-6-8-21-9-7-17/h3-4,6-9,15H,5,10-14H2,1-2H3,(H,22,25). The van der Waals surface area contributed by atoms with Crippen molar-refractivity contribution in [3.8, 4) is 11.5 Å². The molecule has 7 heteroatoms. The third-order valence-corrected chi connectivity index (χ3v) is 4.73. The molecule has 1 N–H and O–H groups in total. The van der Waals surface area contributed by atoms with Crippen LogP contribution in [0.1, 0.15) is 5.56 Å². The molecule has 2 aromatic rings. The van der Waals surface area contributed by atoms with Crippen molar-refractivity contribution < 1.29 is 14.3 Å². The van der Waals surface area contributed by atoms with E-state index >= 15 is 0 Å². The van der Waals surface area contributed by atoms with Crippen LogP contribution in [-0.2, 0) is 6.42 Å². The third-order valence-electron chi connectivity index (χ3n) is 4.73. The molecule has 1 aliphatic heterocycles. The first-order valence-corrected chi connectivity index (χ1v) is 9.10. The average Bonchev–Trinajstić information content (AvgIpc) is 2.74. The molecule has 0 aliphatic carbocycles. The Balaban J connectivity index is 1.44. The Morgan fingerprint density at radius 1 is 1.04 bits per heavy atom. The lowest BCUT2D eigenvalue weighted by Crippen LogP contribution is -2.52. The van der Waals surface area contributed by atoms with Gasteiger partial charge in [0.15, 0.2) is 11.5 Å². The number of anilines is 1. The number of urea groups is 1. The largest absolute Gasteiger partial charge is 0.493 e. The van der Waals surface area contributed by atoms with Gasteiger partial charge < -0.3 is 24.6 Å². The molecule has 144 valence electrons. The predicted octanol–water partition coefficient (Wildman–Crippen LogP) is 2.17. The van der Waals surface area contributed by atoms with E-state index in [-0.39, 0.29) is 6.03 Å². The molecule has 1 aromatic carbocycles. The SMILES string of the molecule is COc1ccc(CCNC(=O)N2CCN(c3ccncc3)CC2)cc1OC. The Hall–Kier alpha value is -2.96. The number of carbonyl (C=O) groups is 1. The Labute approximate surface area is 159 Å². The van der Waals surface area contributed by atoms with Crippen LogP contribution in [0.15, 0.2) is 42.7 Å². The van der Waals surface area contributed by atoms with Gasteiger partial charge in [0, 0.05) is 50.8 Å². The van der Waals surface area contributed by atoms with E-state index in [1.165, 1.54) is 0 Å². The monoisotopic (exact) mass is 370 g/mol. The zero-order chi connectivity index (χ0) is 19.1.